The molecule has 16 heavy (non-hydrogen) atoms. The Balaban J connectivity index is 1.68. The molecule has 2 rings (SSSR count). The van der Waals surface area contributed by atoms with Crippen molar-refractivity contribution in [1.29, 1.82) is 0 Å². The van der Waals surface area contributed by atoms with E-state index in [-0.39, 0.29) is 0 Å². The van der Waals surface area contributed by atoms with Crippen molar-refractivity contribution < 1.29 is 4.79 Å². The molecule has 0 aromatic carbocycles. The van der Waals surface area contributed by atoms with E-state index in [0.29, 0.717) is 18.4 Å². The number of amides is 1. The zero-order valence-electron chi connectivity index (χ0n) is 9.95. The topological polar surface area (TPSA) is 32.3 Å². The van der Waals surface area contributed by atoms with Crippen LogP contribution in [0.1, 0.15) is 38.5 Å². The summed E-state index contributed by atoms with van der Waals surface area (Å²) in [5, 5.41) is 3.49. The zero-order chi connectivity index (χ0) is 11.2. The average molecular weight is 222 g/mol. The molecule has 1 amide bonds. The lowest BCUT2D eigenvalue weighted by molar-refractivity contribution is -0.131. The molecule has 0 aromatic heterocycles. The Morgan fingerprint density at radius 3 is 3.00 bits per heavy atom. The third-order valence-electron chi connectivity index (χ3n) is 3.53. The van der Waals surface area contributed by atoms with Crippen LogP contribution in [0.3, 0.4) is 0 Å². The summed E-state index contributed by atoms with van der Waals surface area (Å²) >= 11 is 0. The van der Waals surface area contributed by atoms with Crippen molar-refractivity contribution in [3.8, 4) is 0 Å². The minimum absolute atomic E-state index is 0.330. The predicted octanol–water partition coefficient (Wildman–Crippen LogP) is 1.70. The predicted molar refractivity (Wildman–Crippen MR) is 65.2 cm³/mol. The van der Waals surface area contributed by atoms with Gasteiger partial charge < -0.3 is 10.2 Å². The van der Waals surface area contributed by atoms with Crippen molar-refractivity contribution in [3.63, 3.8) is 0 Å². The van der Waals surface area contributed by atoms with Crippen LogP contribution in [-0.4, -0.2) is 36.5 Å². The Hall–Kier alpha value is -0.830. The first-order valence-corrected chi connectivity index (χ1v) is 6.52. The second-order valence-electron chi connectivity index (χ2n) is 4.79. The van der Waals surface area contributed by atoms with Gasteiger partial charge in [0.05, 0.1) is 0 Å². The lowest BCUT2D eigenvalue weighted by atomic mass is 10.00. The standard InChI is InChI=1S/C13H22N2O/c16-13(15-10-4-1-5-11-15)8-7-12-6-2-3-9-14-12/h1,4,12,14H,2-3,5-11H2. The van der Waals surface area contributed by atoms with Crippen molar-refractivity contribution >= 4 is 5.91 Å². The van der Waals surface area contributed by atoms with Gasteiger partial charge in [0.1, 0.15) is 0 Å². The Kier molecular flexibility index (Phi) is 4.40. The number of nitrogens with zero attached hydrogens (tertiary/aromatic N) is 1. The molecule has 2 aliphatic heterocycles. The van der Waals surface area contributed by atoms with Crippen molar-refractivity contribution in [2.45, 2.75) is 44.6 Å². The molecule has 3 heteroatoms. The van der Waals surface area contributed by atoms with Crippen LogP contribution in [0.4, 0.5) is 0 Å². The van der Waals surface area contributed by atoms with E-state index in [1.54, 1.807) is 0 Å². The molecular weight excluding hydrogens is 200 g/mol. The summed E-state index contributed by atoms with van der Waals surface area (Å²) < 4.78 is 0. The van der Waals surface area contributed by atoms with E-state index in [0.717, 1.165) is 32.5 Å². The number of carbonyl (C=O) groups excluding carboxylic acids is 1. The van der Waals surface area contributed by atoms with Crippen molar-refractivity contribution in [3.05, 3.63) is 12.2 Å². The summed E-state index contributed by atoms with van der Waals surface area (Å²) in [6, 6.07) is 0.582. The van der Waals surface area contributed by atoms with Crippen LogP contribution in [0.2, 0.25) is 0 Å². The maximum atomic E-state index is 11.9. The number of hydrogen-bond acceptors (Lipinski definition) is 2. The fourth-order valence-electron chi connectivity index (χ4n) is 2.49. The van der Waals surface area contributed by atoms with Gasteiger partial charge in [0.2, 0.25) is 5.91 Å². The third-order valence-corrected chi connectivity index (χ3v) is 3.53. The highest BCUT2D eigenvalue weighted by Crippen LogP contribution is 2.13. The van der Waals surface area contributed by atoms with E-state index in [9.17, 15) is 4.79 Å². The highest BCUT2D eigenvalue weighted by Gasteiger charge is 2.17. The lowest BCUT2D eigenvalue weighted by Crippen LogP contribution is -2.37. The first kappa shape index (κ1) is 11.6. The second-order valence-corrected chi connectivity index (χ2v) is 4.79. The van der Waals surface area contributed by atoms with Crippen molar-refractivity contribution in [2.75, 3.05) is 19.6 Å². The fourth-order valence-corrected chi connectivity index (χ4v) is 2.49. The summed E-state index contributed by atoms with van der Waals surface area (Å²) in [5.74, 6) is 0.330. The molecule has 0 aliphatic carbocycles. The van der Waals surface area contributed by atoms with Gasteiger partial charge in [-0.3, -0.25) is 4.79 Å². The second kappa shape index (κ2) is 6.04. The number of carbonyl (C=O) groups is 1. The van der Waals surface area contributed by atoms with Crippen molar-refractivity contribution in [2.24, 2.45) is 0 Å². The van der Waals surface area contributed by atoms with Crippen LogP contribution < -0.4 is 5.32 Å². The molecular formula is C13H22N2O. The van der Waals surface area contributed by atoms with E-state index < -0.39 is 0 Å². The van der Waals surface area contributed by atoms with E-state index in [1.165, 1.54) is 19.3 Å². The summed E-state index contributed by atoms with van der Waals surface area (Å²) in [6.07, 6.45) is 10.9. The first-order chi connectivity index (χ1) is 7.86. The quantitative estimate of drug-likeness (QED) is 0.737. The molecule has 1 N–H and O–H groups in total. The Morgan fingerprint density at radius 1 is 1.38 bits per heavy atom. The first-order valence-electron chi connectivity index (χ1n) is 6.52. The molecule has 0 aromatic rings. The number of rotatable bonds is 3. The Bertz CT molecular complexity index is 257. The average Bonchev–Trinajstić information content (AvgIpc) is 2.38. The summed E-state index contributed by atoms with van der Waals surface area (Å²) in [5.41, 5.74) is 0. The van der Waals surface area contributed by atoms with Gasteiger partial charge in [0, 0.05) is 25.6 Å². The molecule has 1 unspecified atom stereocenters. The SMILES string of the molecule is O=C(CCC1CCCCN1)N1CC=CCC1. The van der Waals surface area contributed by atoms with Crippen LogP contribution in [0, 0.1) is 0 Å². The highest BCUT2D eigenvalue weighted by atomic mass is 16.2. The van der Waals surface area contributed by atoms with E-state index in [1.807, 2.05) is 4.90 Å². The van der Waals surface area contributed by atoms with Crippen LogP contribution in [0.25, 0.3) is 0 Å². The van der Waals surface area contributed by atoms with E-state index >= 15 is 0 Å². The molecule has 3 nitrogen and oxygen atoms in total. The normalized spacial score (nSPS) is 25.8. The van der Waals surface area contributed by atoms with E-state index in [4.69, 9.17) is 0 Å². The Morgan fingerprint density at radius 2 is 2.31 bits per heavy atom. The van der Waals surface area contributed by atoms with Gasteiger partial charge in [0.25, 0.3) is 0 Å². The maximum absolute atomic E-state index is 11.9. The van der Waals surface area contributed by atoms with Gasteiger partial charge in [-0.25, -0.2) is 0 Å². The lowest BCUT2D eigenvalue weighted by Gasteiger charge is -2.26. The van der Waals surface area contributed by atoms with E-state index in [2.05, 4.69) is 17.5 Å². The summed E-state index contributed by atoms with van der Waals surface area (Å²) in [6.45, 7) is 2.86. The monoisotopic (exact) mass is 222 g/mol. The largest absolute Gasteiger partial charge is 0.339 e. The Labute approximate surface area is 97.9 Å². The molecule has 0 saturated carbocycles. The van der Waals surface area contributed by atoms with Gasteiger partial charge >= 0.3 is 0 Å². The number of hydrogen-bond donors (Lipinski definition) is 1. The van der Waals surface area contributed by atoms with Gasteiger partial charge in [0.15, 0.2) is 0 Å². The molecule has 1 saturated heterocycles. The molecule has 2 aliphatic rings. The third kappa shape index (κ3) is 3.34. The molecule has 1 fully saturated rings. The number of piperidine rings is 1. The highest BCUT2D eigenvalue weighted by molar-refractivity contribution is 5.76. The van der Waals surface area contributed by atoms with Crippen LogP contribution >= 0.6 is 0 Å². The van der Waals surface area contributed by atoms with Crippen LogP contribution in [0.15, 0.2) is 12.2 Å². The maximum Gasteiger partial charge on any atom is 0.222 e. The molecule has 0 radical (unpaired) electrons. The van der Waals surface area contributed by atoms with Crippen LogP contribution in [-0.2, 0) is 4.79 Å². The molecule has 2 heterocycles. The fraction of sp³-hybridized carbons (Fsp3) is 0.769. The van der Waals surface area contributed by atoms with Gasteiger partial charge in [-0.15, -0.1) is 0 Å². The van der Waals surface area contributed by atoms with Crippen molar-refractivity contribution in [1.82, 2.24) is 10.2 Å². The summed E-state index contributed by atoms with van der Waals surface area (Å²) in [4.78, 5) is 13.9. The minimum Gasteiger partial charge on any atom is -0.339 e. The van der Waals surface area contributed by atoms with Gasteiger partial charge in [-0.1, -0.05) is 18.6 Å². The molecule has 0 bridgehead atoms. The van der Waals surface area contributed by atoms with Gasteiger partial charge in [-0.2, -0.15) is 0 Å². The molecule has 1 atom stereocenters. The molecule has 0 spiro atoms. The summed E-state index contributed by atoms with van der Waals surface area (Å²) in [7, 11) is 0. The zero-order valence-corrected chi connectivity index (χ0v) is 9.95. The smallest absolute Gasteiger partial charge is 0.222 e. The number of nitrogens with one attached hydrogen (secondary N) is 1. The molecule has 90 valence electrons. The minimum atomic E-state index is 0.330. The van der Waals surface area contributed by atoms with Gasteiger partial charge in [-0.05, 0) is 32.2 Å². The van der Waals surface area contributed by atoms with Crippen LogP contribution in [0.5, 0.6) is 0 Å².